The van der Waals surface area contributed by atoms with E-state index >= 15 is 0 Å². The lowest BCUT2D eigenvalue weighted by atomic mass is 10.1. The summed E-state index contributed by atoms with van der Waals surface area (Å²) in [7, 11) is 0. The van der Waals surface area contributed by atoms with Gasteiger partial charge in [0.1, 0.15) is 5.03 Å². The van der Waals surface area contributed by atoms with E-state index in [2.05, 4.69) is 23.2 Å². The van der Waals surface area contributed by atoms with Crippen LogP contribution in [0.4, 0.5) is 0 Å². The Kier molecular flexibility index (Phi) is 4.02. The fourth-order valence-electron chi connectivity index (χ4n) is 2.59. The van der Waals surface area contributed by atoms with Gasteiger partial charge in [-0.3, -0.25) is 4.79 Å². The Morgan fingerprint density at radius 1 is 1.20 bits per heavy atom. The molecule has 3 rings (SSSR count). The van der Waals surface area contributed by atoms with Crippen molar-refractivity contribution < 1.29 is 4.79 Å². The fourth-order valence-corrected chi connectivity index (χ4v) is 3.54. The van der Waals surface area contributed by atoms with Gasteiger partial charge in [0.2, 0.25) is 6.41 Å². The van der Waals surface area contributed by atoms with Crippen molar-refractivity contribution >= 4 is 18.2 Å². The Balaban J connectivity index is 1.90. The first-order valence-corrected chi connectivity index (χ1v) is 7.59. The van der Waals surface area contributed by atoms with E-state index in [1.54, 1.807) is 11.8 Å². The third-order valence-corrected chi connectivity index (χ3v) is 4.59. The predicted molar refractivity (Wildman–Crippen MR) is 79.5 cm³/mol. The molecule has 1 aliphatic rings. The van der Waals surface area contributed by atoms with Crippen LogP contribution in [-0.2, 0) is 4.79 Å². The Hall–Kier alpha value is -1.81. The molecule has 2 aromatic rings. The summed E-state index contributed by atoms with van der Waals surface area (Å²) in [5.74, 6) is 0. The smallest absolute Gasteiger partial charge is 0.210 e. The highest BCUT2D eigenvalue weighted by Crippen LogP contribution is 2.37. The van der Waals surface area contributed by atoms with E-state index in [0.29, 0.717) is 0 Å². The van der Waals surface area contributed by atoms with Crippen LogP contribution >= 0.6 is 11.8 Å². The van der Waals surface area contributed by atoms with E-state index in [9.17, 15) is 4.79 Å². The lowest BCUT2D eigenvalue weighted by molar-refractivity contribution is -0.118. The van der Waals surface area contributed by atoms with Crippen LogP contribution in [-0.4, -0.2) is 22.8 Å². The van der Waals surface area contributed by atoms with Gasteiger partial charge in [0, 0.05) is 23.2 Å². The first-order valence-electron chi connectivity index (χ1n) is 6.77. The van der Waals surface area contributed by atoms with Crippen molar-refractivity contribution in [3.05, 3.63) is 54.2 Å². The number of hydrogen-bond acceptors (Lipinski definition) is 3. The topological polar surface area (TPSA) is 33.2 Å². The standard InChI is InChI=1S/C16H16N2OS/c19-12-18-11-5-9-15(18)14-8-4-10-17-16(14)20-13-6-2-1-3-7-13/h1-4,6-8,10,12,15H,5,9,11H2/t15-/m0/s1. The predicted octanol–water partition coefficient (Wildman–Crippen LogP) is 3.53. The largest absolute Gasteiger partial charge is 0.338 e. The number of carbonyl (C=O) groups is 1. The maximum Gasteiger partial charge on any atom is 0.210 e. The van der Waals surface area contributed by atoms with Crippen LogP contribution in [0.5, 0.6) is 0 Å². The van der Waals surface area contributed by atoms with E-state index in [1.165, 1.54) is 4.90 Å². The highest BCUT2D eigenvalue weighted by molar-refractivity contribution is 7.99. The minimum Gasteiger partial charge on any atom is -0.338 e. The molecule has 1 atom stereocenters. The number of nitrogens with zero attached hydrogens (tertiary/aromatic N) is 2. The molecule has 0 spiro atoms. The third kappa shape index (κ3) is 2.70. The number of likely N-dealkylation sites (tertiary alicyclic amines) is 1. The summed E-state index contributed by atoms with van der Waals surface area (Å²) in [5, 5.41) is 0.998. The van der Waals surface area contributed by atoms with E-state index in [1.807, 2.05) is 35.4 Å². The van der Waals surface area contributed by atoms with Gasteiger partial charge < -0.3 is 4.90 Å². The quantitative estimate of drug-likeness (QED) is 0.805. The first-order chi connectivity index (χ1) is 9.88. The number of pyridine rings is 1. The lowest BCUT2D eigenvalue weighted by Gasteiger charge is -2.22. The molecular formula is C16H16N2OS. The summed E-state index contributed by atoms with van der Waals surface area (Å²) in [6.45, 7) is 0.846. The van der Waals surface area contributed by atoms with Gasteiger partial charge in [0.05, 0.1) is 6.04 Å². The second-order valence-electron chi connectivity index (χ2n) is 4.81. The number of benzene rings is 1. The van der Waals surface area contributed by atoms with Crippen LogP contribution in [0.1, 0.15) is 24.4 Å². The van der Waals surface area contributed by atoms with Crippen molar-refractivity contribution in [1.82, 2.24) is 9.88 Å². The summed E-state index contributed by atoms with van der Waals surface area (Å²) in [5.41, 5.74) is 1.16. The van der Waals surface area contributed by atoms with E-state index in [-0.39, 0.29) is 6.04 Å². The van der Waals surface area contributed by atoms with Crippen molar-refractivity contribution in [2.24, 2.45) is 0 Å². The highest BCUT2D eigenvalue weighted by atomic mass is 32.2. The maximum absolute atomic E-state index is 11.2. The molecular weight excluding hydrogens is 268 g/mol. The minimum absolute atomic E-state index is 0.174. The molecule has 0 N–H and O–H groups in total. The Labute approximate surface area is 123 Å². The molecule has 0 bridgehead atoms. The molecule has 102 valence electrons. The van der Waals surface area contributed by atoms with E-state index in [0.717, 1.165) is 36.4 Å². The molecule has 20 heavy (non-hydrogen) atoms. The molecule has 0 radical (unpaired) electrons. The van der Waals surface area contributed by atoms with Crippen LogP contribution in [0.2, 0.25) is 0 Å². The van der Waals surface area contributed by atoms with Gasteiger partial charge in [0.15, 0.2) is 0 Å². The Morgan fingerprint density at radius 2 is 2.05 bits per heavy atom. The normalized spacial score (nSPS) is 18.2. The molecule has 1 amide bonds. The second-order valence-corrected chi connectivity index (χ2v) is 5.88. The number of aromatic nitrogens is 1. The minimum atomic E-state index is 0.174. The highest BCUT2D eigenvalue weighted by Gasteiger charge is 2.27. The van der Waals surface area contributed by atoms with Gasteiger partial charge in [-0.05, 0) is 31.0 Å². The third-order valence-electron chi connectivity index (χ3n) is 3.55. The molecule has 1 aliphatic heterocycles. The number of amides is 1. The average molecular weight is 284 g/mol. The summed E-state index contributed by atoms with van der Waals surface area (Å²) < 4.78 is 0. The van der Waals surface area contributed by atoms with Crippen LogP contribution in [0.25, 0.3) is 0 Å². The van der Waals surface area contributed by atoms with Gasteiger partial charge in [-0.25, -0.2) is 4.98 Å². The molecule has 0 aliphatic carbocycles. The lowest BCUT2D eigenvalue weighted by Crippen LogP contribution is -2.21. The second kappa shape index (κ2) is 6.09. The molecule has 3 nitrogen and oxygen atoms in total. The van der Waals surface area contributed by atoms with Crippen molar-refractivity contribution in [3.63, 3.8) is 0 Å². The zero-order valence-corrected chi connectivity index (χ0v) is 11.9. The molecule has 2 heterocycles. The summed E-state index contributed by atoms with van der Waals surface area (Å²) >= 11 is 1.66. The van der Waals surface area contributed by atoms with Crippen LogP contribution < -0.4 is 0 Å². The zero-order chi connectivity index (χ0) is 13.8. The molecule has 1 saturated heterocycles. The summed E-state index contributed by atoms with van der Waals surface area (Å²) in [4.78, 5) is 18.7. The molecule has 1 aromatic carbocycles. The Bertz CT molecular complexity index is 588. The average Bonchev–Trinajstić information content (AvgIpc) is 2.97. The molecule has 1 aromatic heterocycles. The van der Waals surface area contributed by atoms with E-state index in [4.69, 9.17) is 0 Å². The summed E-state index contributed by atoms with van der Waals surface area (Å²) in [6.07, 6.45) is 4.86. The monoisotopic (exact) mass is 284 g/mol. The SMILES string of the molecule is O=CN1CCC[C@H]1c1cccnc1Sc1ccccc1. The van der Waals surface area contributed by atoms with Crippen molar-refractivity contribution in [3.8, 4) is 0 Å². The zero-order valence-electron chi connectivity index (χ0n) is 11.1. The van der Waals surface area contributed by atoms with Gasteiger partial charge in [-0.2, -0.15) is 0 Å². The van der Waals surface area contributed by atoms with Crippen LogP contribution in [0.3, 0.4) is 0 Å². The van der Waals surface area contributed by atoms with Gasteiger partial charge in [-0.1, -0.05) is 36.0 Å². The first kappa shape index (κ1) is 13.2. The fraction of sp³-hybridized carbons (Fsp3) is 0.250. The van der Waals surface area contributed by atoms with Gasteiger partial charge in [-0.15, -0.1) is 0 Å². The van der Waals surface area contributed by atoms with Crippen molar-refractivity contribution in [2.45, 2.75) is 28.8 Å². The van der Waals surface area contributed by atoms with Gasteiger partial charge in [0.25, 0.3) is 0 Å². The van der Waals surface area contributed by atoms with Crippen molar-refractivity contribution in [2.75, 3.05) is 6.54 Å². The molecule has 0 saturated carbocycles. The summed E-state index contributed by atoms with van der Waals surface area (Å²) in [6, 6.07) is 14.4. The van der Waals surface area contributed by atoms with Gasteiger partial charge >= 0.3 is 0 Å². The molecule has 0 unspecified atom stereocenters. The molecule has 1 fully saturated rings. The maximum atomic E-state index is 11.2. The van der Waals surface area contributed by atoms with E-state index < -0.39 is 0 Å². The van der Waals surface area contributed by atoms with Crippen LogP contribution in [0.15, 0.2) is 58.6 Å². The number of rotatable bonds is 4. The Morgan fingerprint density at radius 3 is 2.85 bits per heavy atom. The number of hydrogen-bond donors (Lipinski definition) is 0. The number of carbonyl (C=O) groups excluding carboxylic acids is 1. The molecule has 4 heteroatoms. The van der Waals surface area contributed by atoms with Crippen LogP contribution in [0, 0.1) is 0 Å². The van der Waals surface area contributed by atoms with Crippen molar-refractivity contribution in [1.29, 1.82) is 0 Å².